The molecule has 14 heavy (non-hydrogen) atoms. The van der Waals surface area contributed by atoms with Gasteiger partial charge in [-0.15, -0.1) is 0 Å². The topological polar surface area (TPSA) is 38.9 Å². The number of para-hydroxylation sites is 1. The van der Waals surface area contributed by atoms with Crippen LogP contribution in [-0.4, -0.2) is 11.0 Å². The van der Waals surface area contributed by atoms with E-state index < -0.39 is 0 Å². The van der Waals surface area contributed by atoms with Crippen LogP contribution in [0.15, 0.2) is 36.5 Å². The summed E-state index contributed by atoms with van der Waals surface area (Å²) in [6.45, 7) is 0. The van der Waals surface area contributed by atoms with Crippen LogP contribution in [0.3, 0.4) is 0 Å². The summed E-state index contributed by atoms with van der Waals surface area (Å²) in [5.41, 5.74) is 8.16. The van der Waals surface area contributed by atoms with Gasteiger partial charge in [0.1, 0.15) is 0 Å². The molecule has 1 aromatic heterocycles. The van der Waals surface area contributed by atoms with Gasteiger partial charge in [-0.1, -0.05) is 18.2 Å². The molecule has 2 N–H and O–H groups in total. The molecule has 0 spiro atoms. The Morgan fingerprint density at radius 1 is 1.29 bits per heavy atom. The summed E-state index contributed by atoms with van der Waals surface area (Å²) in [5.74, 6) is 0.548. The molecule has 1 fully saturated rings. The van der Waals surface area contributed by atoms with Crippen LogP contribution in [-0.2, 0) is 0 Å². The molecule has 2 unspecified atom stereocenters. The quantitative estimate of drug-likeness (QED) is 0.736. The average molecular weight is 184 g/mol. The lowest BCUT2D eigenvalue weighted by molar-refractivity contribution is 0.985. The van der Waals surface area contributed by atoms with E-state index in [0.717, 1.165) is 11.9 Å². The van der Waals surface area contributed by atoms with Gasteiger partial charge in [0, 0.05) is 23.5 Å². The monoisotopic (exact) mass is 184 g/mol. The maximum atomic E-state index is 5.81. The smallest absolute Gasteiger partial charge is 0.0702 e. The fourth-order valence-electron chi connectivity index (χ4n) is 1.89. The normalized spacial score (nSPS) is 25.2. The van der Waals surface area contributed by atoms with Crippen LogP contribution in [0.1, 0.15) is 17.9 Å². The molecule has 1 saturated carbocycles. The lowest BCUT2D eigenvalue weighted by atomic mass is 10.1. The van der Waals surface area contributed by atoms with Crippen molar-refractivity contribution in [1.82, 2.24) is 4.98 Å². The van der Waals surface area contributed by atoms with E-state index in [1.807, 2.05) is 24.4 Å². The zero-order chi connectivity index (χ0) is 9.54. The highest BCUT2D eigenvalue weighted by molar-refractivity contribution is 5.79. The van der Waals surface area contributed by atoms with E-state index in [2.05, 4.69) is 17.1 Å². The number of aromatic nitrogens is 1. The molecule has 0 saturated heterocycles. The van der Waals surface area contributed by atoms with E-state index in [-0.39, 0.29) is 0 Å². The minimum absolute atomic E-state index is 0.359. The van der Waals surface area contributed by atoms with Crippen molar-refractivity contribution >= 4 is 10.9 Å². The van der Waals surface area contributed by atoms with Crippen molar-refractivity contribution in [2.24, 2.45) is 5.73 Å². The fourth-order valence-corrected chi connectivity index (χ4v) is 1.89. The predicted octanol–water partition coefficient (Wildman–Crippen LogP) is 2.05. The van der Waals surface area contributed by atoms with Gasteiger partial charge in [-0.05, 0) is 24.1 Å². The van der Waals surface area contributed by atoms with E-state index in [1.165, 1.54) is 10.9 Å². The first-order valence-electron chi connectivity index (χ1n) is 4.95. The number of nitrogens with zero attached hydrogens (tertiary/aromatic N) is 1. The standard InChI is InChI=1S/C12H12N2/c13-11-6-10(11)9-5-8-3-1-2-4-12(8)14-7-9/h1-5,7,10-11H,6,13H2. The highest BCUT2D eigenvalue weighted by Gasteiger charge is 2.34. The van der Waals surface area contributed by atoms with E-state index in [0.29, 0.717) is 12.0 Å². The van der Waals surface area contributed by atoms with Gasteiger partial charge < -0.3 is 5.73 Å². The number of pyridine rings is 1. The first kappa shape index (κ1) is 7.94. The van der Waals surface area contributed by atoms with Crippen LogP contribution in [0.25, 0.3) is 10.9 Å². The molecule has 0 aliphatic heterocycles. The molecular formula is C12H12N2. The van der Waals surface area contributed by atoms with Crippen molar-refractivity contribution in [3.63, 3.8) is 0 Å². The highest BCUT2D eigenvalue weighted by atomic mass is 14.8. The molecule has 2 atom stereocenters. The fraction of sp³-hybridized carbons (Fsp3) is 0.250. The Morgan fingerprint density at radius 2 is 2.07 bits per heavy atom. The molecule has 0 amide bonds. The van der Waals surface area contributed by atoms with E-state index in [4.69, 9.17) is 5.73 Å². The van der Waals surface area contributed by atoms with Crippen LogP contribution in [0.5, 0.6) is 0 Å². The van der Waals surface area contributed by atoms with Crippen LogP contribution in [0.4, 0.5) is 0 Å². The van der Waals surface area contributed by atoms with Crippen LogP contribution >= 0.6 is 0 Å². The minimum atomic E-state index is 0.359. The maximum Gasteiger partial charge on any atom is 0.0702 e. The third-order valence-corrected chi connectivity index (χ3v) is 2.88. The zero-order valence-electron chi connectivity index (χ0n) is 7.85. The average Bonchev–Trinajstić information content (AvgIpc) is 2.95. The largest absolute Gasteiger partial charge is 0.327 e. The molecule has 0 bridgehead atoms. The second-order valence-electron chi connectivity index (χ2n) is 3.97. The highest BCUT2D eigenvalue weighted by Crippen LogP contribution is 2.39. The first-order chi connectivity index (χ1) is 6.84. The van der Waals surface area contributed by atoms with Gasteiger partial charge in [-0.2, -0.15) is 0 Å². The number of rotatable bonds is 1. The third kappa shape index (κ3) is 1.19. The molecule has 2 heteroatoms. The molecule has 1 aliphatic carbocycles. The van der Waals surface area contributed by atoms with Crippen molar-refractivity contribution in [2.45, 2.75) is 18.4 Å². The molecule has 1 aliphatic rings. The lowest BCUT2D eigenvalue weighted by Gasteiger charge is -2.00. The summed E-state index contributed by atoms with van der Waals surface area (Å²) in [7, 11) is 0. The summed E-state index contributed by atoms with van der Waals surface area (Å²) in [6.07, 6.45) is 3.07. The van der Waals surface area contributed by atoms with Gasteiger partial charge in [0.15, 0.2) is 0 Å². The van der Waals surface area contributed by atoms with Crippen molar-refractivity contribution in [1.29, 1.82) is 0 Å². The number of hydrogen-bond acceptors (Lipinski definition) is 2. The number of nitrogens with two attached hydrogens (primary N) is 1. The van der Waals surface area contributed by atoms with Crippen LogP contribution < -0.4 is 5.73 Å². The summed E-state index contributed by atoms with van der Waals surface area (Å²) in [5, 5.41) is 1.21. The third-order valence-electron chi connectivity index (χ3n) is 2.88. The van der Waals surface area contributed by atoms with E-state index >= 15 is 0 Å². The molecule has 2 aromatic rings. The molecule has 2 nitrogen and oxygen atoms in total. The van der Waals surface area contributed by atoms with Crippen LogP contribution in [0, 0.1) is 0 Å². The van der Waals surface area contributed by atoms with E-state index in [1.54, 1.807) is 0 Å². The Labute approximate surface area is 82.8 Å². The van der Waals surface area contributed by atoms with Crippen molar-refractivity contribution < 1.29 is 0 Å². The van der Waals surface area contributed by atoms with Gasteiger partial charge in [-0.25, -0.2) is 0 Å². The number of benzene rings is 1. The van der Waals surface area contributed by atoms with Gasteiger partial charge in [0.25, 0.3) is 0 Å². The molecule has 0 radical (unpaired) electrons. The van der Waals surface area contributed by atoms with E-state index in [9.17, 15) is 0 Å². The van der Waals surface area contributed by atoms with Gasteiger partial charge in [0.05, 0.1) is 5.52 Å². The maximum absolute atomic E-state index is 5.81. The summed E-state index contributed by atoms with van der Waals surface area (Å²) in [4.78, 5) is 4.42. The van der Waals surface area contributed by atoms with Crippen molar-refractivity contribution in [3.05, 3.63) is 42.1 Å². The number of fused-ring (bicyclic) bond motifs is 1. The lowest BCUT2D eigenvalue weighted by Crippen LogP contribution is -2.01. The summed E-state index contributed by atoms with van der Waals surface area (Å²) in [6, 6.07) is 10.8. The molecule has 3 rings (SSSR count). The Bertz CT molecular complexity index is 478. The van der Waals surface area contributed by atoms with Crippen LogP contribution in [0.2, 0.25) is 0 Å². The first-order valence-corrected chi connectivity index (χ1v) is 4.95. The SMILES string of the molecule is NC1CC1c1cnc2ccccc2c1. The second kappa shape index (κ2) is 2.79. The Balaban J connectivity index is 2.11. The molecule has 1 heterocycles. The van der Waals surface area contributed by atoms with Crippen molar-refractivity contribution in [3.8, 4) is 0 Å². The molecular weight excluding hydrogens is 172 g/mol. The van der Waals surface area contributed by atoms with Gasteiger partial charge >= 0.3 is 0 Å². The Hall–Kier alpha value is -1.41. The number of hydrogen-bond donors (Lipinski definition) is 1. The zero-order valence-corrected chi connectivity index (χ0v) is 7.85. The summed E-state index contributed by atoms with van der Waals surface area (Å²) < 4.78 is 0. The minimum Gasteiger partial charge on any atom is -0.327 e. The Morgan fingerprint density at radius 3 is 2.86 bits per heavy atom. The molecule has 70 valence electrons. The van der Waals surface area contributed by atoms with Gasteiger partial charge in [0.2, 0.25) is 0 Å². The van der Waals surface area contributed by atoms with Gasteiger partial charge in [-0.3, -0.25) is 4.98 Å². The predicted molar refractivity (Wildman–Crippen MR) is 57.1 cm³/mol. The van der Waals surface area contributed by atoms with Crippen molar-refractivity contribution in [2.75, 3.05) is 0 Å². The Kier molecular flexibility index (Phi) is 1.58. The second-order valence-corrected chi connectivity index (χ2v) is 3.97. The summed E-state index contributed by atoms with van der Waals surface area (Å²) >= 11 is 0. The molecule has 1 aromatic carbocycles.